The number of hydrogen-bond acceptors (Lipinski definition) is 4. The fraction of sp³-hybridized carbons (Fsp3) is 0.583. The van der Waals surface area contributed by atoms with Gasteiger partial charge < -0.3 is 15.7 Å². The number of carboxylic acids is 1. The van der Waals surface area contributed by atoms with Crippen molar-refractivity contribution in [2.45, 2.75) is 46.2 Å². The molecule has 19 heavy (non-hydrogen) atoms. The summed E-state index contributed by atoms with van der Waals surface area (Å²) in [5.74, 6) is -1.05. The van der Waals surface area contributed by atoms with E-state index in [0.29, 0.717) is 13.0 Å². The van der Waals surface area contributed by atoms with Crippen LogP contribution >= 0.6 is 11.3 Å². The molecule has 2 amide bonds. The number of aryl methyl sites for hydroxylation is 2. The minimum absolute atomic E-state index is 0.296. The number of aliphatic carboxylic acids is 1. The molecule has 0 saturated heterocycles. The second-order valence-corrected chi connectivity index (χ2v) is 5.84. The highest BCUT2D eigenvalue weighted by Crippen LogP contribution is 2.16. The normalized spacial score (nSPS) is 13.7. The Hall–Kier alpha value is -1.63. The quantitative estimate of drug-likeness (QED) is 0.769. The number of hydrogen-bond donors (Lipinski definition) is 3. The summed E-state index contributed by atoms with van der Waals surface area (Å²) in [5, 5.41) is 14.9. The van der Waals surface area contributed by atoms with E-state index in [4.69, 9.17) is 5.11 Å². The molecule has 0 aliphatic rings. The van der Waals surface area contributed by atoms with Gasteiger partial charge in [0.05, 0.1) is 12.2 Å². The number of urea groups is 1. The fourth-order valence-electron chi connectivity index (χ4n) is 1.36. The Kier molecular flexibility index (Phi) is 4.88. The number of thiazole rings is 1. The van der Waals surface area contributed by atoms with Crippen LogP contribution in [-0.2, 0) is 11.3 Å². The van der Waals surface area contributed by atoms with Crippen LogP contribution in [0, 0.1) is 13.8 Å². The minimum atomic E-state index is -1.25. The van der Waals surface area contributed by atoms with Crippen LogP contribution in [0.5, 0.6) is 0 Å². The van der Waals surface area contributed by atoms with E-state index in [0.717, 1.165) is 15.6 Å². The molecule has 1 atom stereocenters. The zero-order valence-electron chi connectivity index (χ0n) is 11.5. The maximum atomic E-state index is 11.7. The van der Waals surface area contributed by atoms with Gasteiger partial charge in [-0.15, -0.1) is 11.3 Å². The lowest BCUT2D eigenvalue weighted by atomic mass is 10.00. The lowest BCUT2D eigenvalue weighted by Gasteiger charge is -2.24. The van der Waals surface area contributed by atoms with Gasteiger partial charge in [0.25, 0.3) is 0 Å². The summed E-state index contributed by atoms with van der Waals surface area (Å²) in [6.07, 6.45) is 0.311. The molecule has 7 heteroatoms. The summed E-state index contributed by atoms with van der Waals surface area (Å²) in [6.45, 7) is 7.36. The Labute approximate surface area is 116 Å². The monoisotopic (exact) mass is 285 g/mol. The van der Waals surface area contributed by atoms with Crippen LogP contribution < -0.4 is 10.6 Å². The van der Waals surface area contributed by atoms with Crippen molar-refractivity contribution in [3.8, 4) is 0 Å². The largest absolute Gasteiger partial charge is 0.480 e. The van der Waals surface area contributed by atoms with E-state index >= 15 is 0 Å². The molecule has 0 aliphatic heterocycles. The number of carbonyl (C=O) groups excluding carboxylic acids is 1. The van der Waals surface area contributed by atoms with Gasteiger partial charge in [0, 0.05) is 4.88 Å². The molecule has 106 valence electrons. The molecule has 0 aromatic carbocycles. The molecule has 1 aromatic heterocycles. The molecule has 1 heterocycles. The average molecular weight is 285 g/mol. The zero-order chi connectivity index (χ0) is 14.6. The first-order chi connectivity index (χ1) is 8.78. The van der Waals surface area contributed by atoms with E-state index < -0.39 is 17.5 Å². The number of aromatic nitrogens is 1. The third kappa shape index (κ3) is 3.92. The van der Waals surface area contributed by atoms with Crippen LogP contribution in [0.1, 0.15) is 35.8 Å². The van der Waals surface area contributed by atoms with Crippen molar-refractivity contribution in [3.05, 3.63) is 15.6 Å². The van der Waals surface area contributed by atoms with E-state index in [-0.39, 0.29) is 0 Å². The molecule has 1 rings (SSSR count). The Bertz CT molecular complexity index is 467. The number of nitrogens with zero attached hydrogens (tertiary/aromatic N) is 1. The van der Waals surface area contributed by atoms with Gasteiger partial charge in [-0.05, 0) is 27.2 Å². The third-order valence-electron chi connectivity index (χ3n) is 3.04. The van der Waals surface area contributed by atoms with Crippen molar-refractivity contribution in [2.24, 2.45) is 0 Å². The molecule has 0 fully saturated rings. The molecule has 6 nitrogen and oxygen atoms in total. The van der Waals surface area contributed by atoms with E-state index in [1.165, 1.54) is 18.3 Å². The molecule has 0 saturated carbocycles. The van der Waals surface area contributed by atoms with Crippen LogP contribution in [0.25, 0.3) is 0 Å². The van der Waals surface area contributed by atoms with Gasteiger partial charge in [0.1, 0.15) is 10.5 Å². The summed E-state index contributed by atoms with van der Waals surface area (Å²) in [4.78, 5) is 28.1. The highest BCUT2D eigenvalue weighted by Gasteiger charge is 2.32. The number of carboxylic acid groups (broad SMARTS) is 1. The number of rotatable bonds is 5. The highest BCUT2D eigenvalue weighted by atomic mass is 32.1. The van der Waals surface area contributed by atoms with Gasteiger partial charge >= 0.3 is 12.0 Å². The van der Waals surface area contributed by atoms with Crippen molar-refractivity contribution in [1.82, 2.24) is 15.6 Å². The second-order valence-electron chi connectivity index (χ2n) is 4.55. The van der Waals surface area contributed by atoms with Gasteiger partial charge in [0.2, 0.25) is 0 Å². The van der Waals surface area contributed by atoms with Crippen LogP contribution in [0.3, 0.4) is 0 Å². The second kappa shape index (κ2) is 6.01. The van der Waals surface area contributed by atoms with Gasteiger partial charge in [-0.2, -0.15) is 0 Å². The van der Waals surface area contributed by atoms with Crippen LogP contribution in [0.2, 0.25) is 0 Å². The predicted molar refractivity (Wildman–Crippen MR) is 73.3 cm³/mol. The summed E-state index contributed by atoms with van der Waals surface area (Å²) in [6, 6.07) is -0.503. The summed E-state index contributed by atoms with van der Waals surface area (Å²) < 4.78 is 0. The number of amides is 2. The minimum Gasteiger partial charge on any atom is -0.480 e. The number of carbonyl (C=O) groups is 2. The van der Waals surface area contributed by atoms with E-state index in [9.17, 15) is 9.59 Å². The maximum Gasteiger partial charge on any atom is 0.329 e. The van der Waals surface area contributed by atoms with Crippen LogP contribution in [-0.4, -0.2) is 27.6 Å². The van der Waals surface area contributed by atoms with Gasteiger partial charge in [0.15, 0.2) is 0 Å². The van der Waals surface area contributed by atoms with E-state index in [1.807, 2.05) is 13.8 Å². The Morgan fingerprint density at radius 2 is 2.05 bits per heavy atom. The SMILES string of the molecule is CCC(C)(NC(=O)NCc1nc(C)c(C)s1)C(=O)O. The first-order valence-corrected chi connectivity index (χ1v) is 6.82. The molecule has 0 spiro atoms. The molecular formula is C12H19N3O3S. The fourth-order valence-corrected chi connectivity index (χ4v) is 2.23. The zero-order valence-corrected chi connectivity index (χ0v) is 12.3. The van der Waals surface area contributed by atoms with Crippen molar-refractivity contribution in [3.63, 3.8) is 0 Å². The van der Waals surface area contributed by atoms with E-state index in [1.54, 1.807) is 6.92 Å². The Morgan fingerprint density at radius 3 is 2.47 bits per heavy atom. The lowest BCUT2D eigenvalue weighted by molar-refractivity contribution is -0.143. The van der Waals surface area contributed by atoms with Crippen molar-refractivity contribution < 1.29 is 14.7 Å². The van der Waals surface area contributed by atoms with Gasteiger partial charge in [-0.3, -0.25) is 0 Å². The molecule has 1 aromatic rings. The summed E-state index contributed by atoms with van der Waals surface area (Å²) in [5.41, 5.74) is -0.301. The first kappa shape index (κ1) is 15.4. The molecule has 0 bridgehead atoms. The van der Waals surface area contributed by atoms with Crippen LogP contribution in [0.15, 0.2) is 0 Å². The van der Waals surface area contributed by atoms with E-state index in [2.05, 4.69) is 15.6 Å². The van der Waals surface area contributed by atoms with Crippen molar-refractivity contribution in [1.29, 1.82) is 0 Å². The topological polar surface area (TPSA) is 91.3 Å². The predicted octanol–water partition coefficient (Wildman–Crippen LogP) is 1.81. The van der Waals surface area contributed by atoms with Gasteiger partial charge in [-0.25, -0.2) is 14.6 Å². The van der Waals surface area contributed by atoms with Crippen LogP contribution in [0.4, 0.5) is 4.79 Å². The standard InChI is InChI=1S/C12H19N3O3S/c1-5-12(4,10(16)17)15-11(18)13-6-9-14-7(2)8(3)19-9/h5-6H2,1-4H3,(H,16,17)(H2,13,15,18). The Balaban J connectivity index is 2.54. The first-order valence-electron chi connectivity index (χ1n) is 6.01. The molecule has 0 aliphatic carbocycles. The maximum absolute atomic E-state index is 11.7. The molecule has 0 radical (unpaired) electrons. The van der Waals surface area contributed by atoms with Gasteiger partial charge in [-0.1, -0.05) is 6.92 Å². The van der Waals surface area contributed by atoms with Crippen molar-refractivity contribution >= 4 is 23.3 Å². The smallest absolute Gasteiger partial charge is 0.329 e. The van der Waals surface area contributed by atoms with Crippen molar-refractivity contribution in [2.75, 3.05) is 0 Å². The number of nitrogens with one attached hydrogen (secondary N) is 2. The average Bonchev–Trinajstić information content (AvgIpc) is 2.66. The Morgan fingerprint density at radius 1 is 1.42 bits per heavy atom. The highest BCUT2D eigenvalue weighted by molar-refractivity contribution is 7.11. The summed E-state index contributed by atoms with van der Waals surface area (Å²) in [7, 11) is 0. The molecular weight excluding hydrogens is 266 g/mol. The lowest BCUT2D eigenvalue weighted by Crippen LogP contribution is -2.54. The third-order valence-corrected chi connectivity index (χ3v) is 4.11. The summed E-state index contributed by atoms with van der Waals surface area (Å²) >= 11 is 1.52. The molecule has 3 N–H and O–H groups in total. The molecule has 1 unspecified atom stereocenters.